The third kappa shape index (κ3) is 4.67. The average molecular weight is 249 g/mol. The van der Waals surface area contributed by atoms with Crippen molar-refractivity contribution in [1.29, 1.82) is 0 Å². The zero-order valence-electron chi connectivity index (χ0n) is 8.98. The van der Waals surface area contributed by atoms with Crippen molar-refractivity contribution in [3.05, 3.63) is 0 Å². The molecule has 0 aliphatic carbocycles. The Hall–Kier alpha value is -1.02. The molecule has 0 spiro atoms. The first-order valence-corrected chi connectivity index (χ1v) is 6.58. The van der Waals surface area contributed by atoms with Crippen LogP contribution in [0.4, 0.5) is 0 Å². The van der Waals surface area contributed by atoms with Gasteiger partial charge in [0.05, 0.1) is 24.9 Å². The minimum atomic E-state index is -3.96. The van der Waals surface area contributed by atoms with E-state index in [1.54, 1.807) is 6.92 Å². The SMILES string of the molecule is CC(C=O)CC1CN(CCS(=O)(=O)O)N=N1. The van der Waals surface area contributed by atoms with E-state index >= 15 is 0 Å². The van der Waals surface area contributed by atoms with Crippen molar-refractivity contribution in [1.82, 2.24) is 5.01 Å². The van der Waals surface area contributed by atoms with Gasteiger partial charge in [0.2, 0.25) is 0 Å². The van der Waals surface area contributed by atoms with Crippen LogP contribution in [0.3, 0.4) is 0 Å². The van der Waals surface area contributed by atoms with Gasteiger partial charge in [-0.1, -0.05) is 12.1 Å². The molecule has 0 aromatic rings. The van der Waals surface area contributed by atoms with Gasteiger partial charge in [0.15, 0.2) is 0 Å². The molecule has 1 aliphatic heterocycles. The second-order valence-corrected chi connectivity index (χ2v) is 5.48. The van der Waals surface area contributed by atoms with Gasteiger partial charge in [-0.3, -0.25) is 9.56 Å². The van der Waals surface area contributed by atoms with Crippen molar-refractivity contribution in [2.45, 2.75) is 19.4 Å². The topological polar surface area (TPSA) is 99.4 Å². The predicted octanol–water partition coefficient (Wildman–Crippen LogP) is 0.151. The number of carbonyl (C=O) groups is 1. The molecule has 1 N–H and O–H groups in total. The molecule has 2 atom stereocenters. The molecule has 1 heterocycles. The molecule has 92 valence electrons. The van der Waals surface area contributed by atoms with E-state index in [2.05, 4.69) is 10.3 Å². The lowest BCUT2D eigenvalue weighted by Gasteiger charge is -2.13. The third-order valence-corrected chi connectivity index (χ3v) is 2.94. The molecule has 0 aromatic heterocycles. The monoisotopic (exact) mass is 249 g/mol. The van der Waals surface area contributed by atoms with Gasteiger partial charge in [0, 0.05) is 5.92 Å². The molecule has 0 aromatic carbocycles. The third-order valence-electron chi connectivity index (χ3n) is 2.25. The van der Waals surface area contributed by atoms with Crippen molar-refractivity contribution in [2.24, 2.45) is 16.3 Å². The van der Waals surface area contributed by atoms with E-state index in [-0.39, 0.29) is 24.3 Å². The molecule has 0 saturated carbocycles. The van der Waals surface area contributed by atoms with E-state index in [0.717, 1.165) is 6.29 Å². The first-order valence-electron chi connectivity index (χ1n) is 4.97. The molecule has 8 heteroatoms. The van der Waals surface area contributed by atoms with Crippen molar-refractivity contribution < 1.29 is 17.8 Å². The summed E-state index contributed by atoms with van der Waals surface area (Å²) in [5.41, 5.74) is 0. The van der Waals surface area contributed by atoms with Crippen LogP contribution in [0.2, 0.25) is 0 Å². The van der Waals surface area contributed by atoms with Gasteiger partial charge in [-0.15, -0.1) is 0 Å². The smallest absolute Gasteiger partial charge is 0.266 e. The van der Waals surface area contributed by atoms with Crippen LogP contribution < -0.4 is 0 Å². The number of aldehydes is 1. The van der Waals surface area contributed by atoms with Gasteiger partial charge in [0.1, 0.15) is 6.29 Å². The quantitative estimate of drug-likeness (QED) is 0.533. The van der Waals surface area contributed by atoms with E-state index in [9.17, 15) is 13.2 Å². The molecule has 0 bridgehead atoms. The minimum absolute atomic E-state index is 0.0680. The number of rotatable bonds is 6. The van der Waals surface area contributed by atoms with Gasteiger partial charge in [0.25, 0.3) is 10.1 Å². The molecule has 1 aliphatic rings. The van der Waals surface area contributed by atoms with E-state index in [1.807, 2.05) is 0 Å². The van der Waals surface area contributed by atoms with E-state index in [1.165, 1.54) is 5.01 Å². The number of hydrogen-bond acceptors (Lipinski definition) is 6. The zero-order chi connectivity index (χ0) is 12.2. The Labute approximate surface area is 94.3 Å². The van der Waals surface area contributed by atoms with Crippen LogP contribution in [0.5, 0.6) is 0 Å². The summed E-state index contributed by atoms with van der Waals surface area (Å²) in [6.07, 6.45) is 1.46. The van der Waals surface area contributed by atoms with E-state index in [0.29, 0.717) is 13.0 Å². The fourth-order valence-electron chi connectivity index (χ4n) is 1.43. The zero-order valence-corrected chi connectivity index (χ0v) is 9.80. The summed E-state index contributed by atoms with van der Waals surface area (Å²) in [7, 11) is -3.96. The summed E-state index contributed by atoms with van der Waals surface area (Å²) in [6, 6.07) is -0.0680. The molecule has 0 radical (unpaired) electrons. The van der Waals surface area contributed by atoms with Crippen LogP contribution in [0.15, 0.2) is 10.3 Å². The summed E-state index contributed by atoms with van der Waals surface area (Å²) >= 11 is 0. The highest BCUT2D eigenvalue weighted by Crippen LogP contribution is 2.15. The van der Waals surface area contributed by atoms with Crippen LogP contribution in [-0.4, -0.2) is 49.1 Å². The summed E-state index contributed by atoms with van der Waals surface area (Å²) in [5.74, 6) is -0.437. The molecule has 2 unspecified atom stereocenters. The Balaban J connectivity index is 2.31. The number of hydrogen-bond donors (Lipinski definition) is 1. The Morgan fingerprint density at radius 2 is 2.31 bits per heavy atom. The Kier molecular flexibility index (Phi) is 4.36. The van der Waals surface area contributed by atoms with Crippen LogP contribution in [0.1, 0.15) is 13.3 Å². The molecular formula is C8H15N3O4S. The molecular weight excluding hydrogens is 234 g/mol. The van der Waals surface area contributed by atoms with Crippen LogP contribution in [0, 0.1) is 5.92 Å². The molecule has 7 nitrogen and oxygen atoms in total. The predicted molar refractivity (Wildman–Crippen MR) is 56.5 cm³/mol. The van der Waals surface area contributed by atoms with Gasteiger partial charge in [-0.05, 0) is 6.42 Å². The van der Waals surface area contributed by atoms with Crippen molar-refractivity contribution >= 4 is 16.4 Å². The number of nitrogens with zero attached hydrogens (tertiary/aromatic N) is 3. The van der Waals surface area contributed by atoms with Crippen molar-refractivity contribution in [3.8, 4) is 0 Å². The van der Waals surface area contributed by atoms with Gasteiger partial charge >= 0.3 is 0 Å². The first kappa shape index (κ1) is 13.0. The average Bonchev–Trinajstić information content (AvgIpc) is 2.61. The summed E-state index contributed by atoms with van der Waals surface area (Å²) < 4.78 is 29.6. The molecule has 0 amide bonds. The van der Waals surface area contributed by atoms with Gasteiger partial charge in [-0.25, -0.2) is 0 Å². The largest absolute Gasteiger partial charge is 0.303 e. The van der Waals surface area contributed by atoms with Crippen LogP contribution in [-0.2, 0) is 14.9 Å². The molecule has 0 saturated heterocycles. The summed E-state index contributed by atoms with van der Waals surface area (Å²) in [5, 5.41) is 9.18. The lowest BCUT2D eigenvalue weighted by atomic mass is 10.0. The lowest BCUT2D eigenvalue weighted by molar-refractivity contribution is -0.110. The highest BCUT2D eigenvalue weighted by molar-refractivity contribution is 7.85. The van der Waals surface area contributed by atoms with Crippen molar-refractivity contribution in [2.75, 3.05) is 18.8 Å². The highest BCUT2D eigenvalue weighted by atomic mass is 32.2. The Morgan fingerprint density at radius 1 is 1.62 bits per heavy atom. The minimum Gasteiger partial charge on any atom is -0.303 e. The Morgan fingerprint density at radius 3 is 2.88 bits per heavy atom. The summed E-state index contributed by atoms with van der Waals surface area (Å²) in [6.45, 7) is 2.41. The fraction of sp³-hybridized carbons (Fsp3) is 0.875. The van der Waals surface area contributed by atoms with Crippen LogP contribution >= 0.6 is 0 Å². The normalized spacial score (nSPS) is 22.4. The standard InChI is InChI=1S/C8H15N3O4S/c1-7(6-12)4-8-5-11(10-9-8)2-3-16(13,14)15/h6-8H,2-5H2,1H3,(H,13,14,15). The van der Waals surface area contributed by atoms with Gasteiger partial charge < -0.3 is 4.79 Å². The molecule has 0 fully saturated rings. The Bertz CT molecular complexity index is 367. The van der Waals surface area contributed by atoms with E-state index < -0.39 is 10.1 Å². The number of carbonyl (C=O) groups excluding carboxylic acids is 1. The fourth-order valence-corrected chi connectivity index (χ4v) is 1.87. The van der Waals surface area contributed by atoms with Crippen LogP contribution in [0.25, 0.3) is 0 Å². The van der Waals surface area contributed by atoms with Crippen molar-refractivity contribution in [3.63, 3.8) is 0 Å². The highest BCUT2D eigenvalue weighted by Gasteiger charge is 2.22. The lowest BCUT2D eigenvalue weighted by Crippen LogP contribution is -2.27. The maximum atomic E-state index is 10.5. The second-order valence-electron chi connectivity index (χ2n) is 3.91. The maximum Gasteiger partial charge on any atom is 0.266 e. The van der Waals surface area contributed by atoms with Gasteiger partial charge in [-0.2, -0.15) is 13.5 Å². The first-order chi connectivity index (χ1) is 7.40. The molecule has 1 rings (SSSR count). The van der Waals surface area contributed by atoms with E-state index in [4.69, 9.17) is 4.55 Å². The second kappa shape index (κ2) is 5.35. The molecule has 16 heavy (non-hydrogen) atoms. The maximum absolute atomic E-state index is 10.5. The summed E-state index contributed by atoms with van der Waals surface area (Å²) in [4.78, 5) is 10.4.